The monoisotopic (exact) mass is 476 g/mol. The van der Waals surface area contributed by atoms with E-state index in [1.165, 1.54) is 0 Å². The fraction of sp³-hybridized carbons (Fsp3) is 0.462. The van der Waals surface area contributed by atoms with Gasteiger partial charge in [0.25, 0.3) is 5.56 Å². The van der Waals surface area contributed by atoms with E-state index < -0.39 is 0 Å². The summed E-state index contributed by atoms with van der Waals surface area (Å²) in [6, 6.07) is 11.8. The van der Waals surface area contributed by atoms with E-state index in [1.54, 1.807) is 17.9 Å². The minimum absolute atomic E-state index is 0.131. The zero-order valence-electron chi connectivity index (χ0n) is 20.4. The summed E-state index contributed by atoms with van der Waals surface area (Å²) in [4.78, 5) is 41.9. The van der Waals surface area contributed by atoms with E-state index in [0.717, 1.165) is 43.9 Å². The fourth-order valence-corrected chi connectivity index (χ4v) is 5.18. The van der Waals surface area contributed by atoms with Gasteiger partial charge in [0.2, 0.25) is 5.91 Å². The van der Waals surface area contributed by atoms with E-state index in [1.807, 2.05) is 47.1 Å². The van der Waals surface area contributed by atoms with Crippen molar-refractivity contribution in [2.75, 3.05) is 56.2 Å². The number of rotatable bonds is 5. The van der Waals surface area contributed by atoms with Crippen LogP contribution in [0.25, 0.3) is 11.2 Å². The van der Waals surface area contributed by atoms with Crippen molar-refractivity contribution in [1.29, 1.82) is 0 Å². The molecule has 0 saturated carbocycles. The van der Waals surface area contributed by atoms with Crippen LogP contribution in [0.2, 0.25) is 0 Å². The van der Waals surface area contributed by atoms with Crippen molar-refractivity contribution in [3.63, 3.8) is 0 Å². The van der Waals surface area contributed by atoms with Crippen LogP contribution < -0.4 is 20.1 Å². The molecule has 2 fully saturated rings. The Hall–Kier alpha value is -3.62. The second-order valence-electron chi connectivity index (χ2n) is 9.13. The van der Waals surface area contributed by atoms with Crippen molar-refractivity contribution < 1.29 is 9.53 Å². The van der Waals surface area contributed by atoms with Crippen LogP contribution >= 0.6 is 0 Å². The molecule has 0 spiro atoms. The number of piperazine rings is 1. The normalized spacial score (nSPS) is 18.7. The number of aryl methyl sites for hydroxylation is 1. The van der Waals surface area contributed by atoms with E-state index in [9.17, 15) is 9.59 Å². The number of anilines is 2. The second-order valence-corrected chi connectivity index (χ2v) is 9.13. The average molecular weight is 477 g/mol. The first-order chi connectivity index (χ1) is 17.1. The second kappa shape index (κ2) is 9.93. The van der Waals surface area contributed by atoms with Gasteiger partial charge in [0.1, 0.15) is 11.3 Å². The standard InChI is InChI=1S/C26H32N6O3/c1-3-32-23-22(10-5-11-27-23)28-24(26(32)34)31-12-6-7-19(18-31)25(33)30-15-13-29(14-16-30)20-8-4-9-21(17-20)35-2/h4-5,8-11,17,19H,3,6-7,12-16,18H2,1-2H3. The molecule has 3 aromatic rings. The highest BCUT2D eigenvalue weighted by molar-refractivity contribution is 5.80. The van der Waals surface area contributed by atoms with Crippen molar-refractivity contribution in [2.45, 2.75) is 26.3 Å². The highest BCUT2D eigenvalue weighted by Gasteiger charge is 2.32. The Kier molecular flexibility index (Phi) is 6.57. The molecule has 0 radical (unpaired) electrons. The van der Waals surface area contributed by atoms with E-state index in [4.69, 9.17) is 4.74 Å². The summed E-state index contributed by atoms with van der Waals surface area (Å²) >= 11 is 0. The van der Waals surface area contributed by atoms with Gasteiger partial charge in [0.15, 0.2) is 11.5 Å². The maximum atomic E-state index is 13.4. The number of benzene rings is 1. The van der Waals surface area contributed by atoms with Crippen LogP contribution in [0.1, 0.15) is 19.8 Å². The molecule has 1 amide bonds. The molecule has 9 heteroatoms. The van der Waals surface area contributed by atoms with Crippen LogP contribution in [0, 0.1) is 5.92 Å². The summed E-state index contributed by atoms with van der Waals surface area (Å²) in [7, 11) is 1.67. The van der Waals surface area contributed by atoms with Crippen molar-refractivity contribution in [2.24, 2.45) is 5.92 Å². The molecule has 184 valence electrons. The van der Waals surface area contributed by atoms with Crippen LogP contribution in [-0.2, 0) is 11.3 Å². The zero-order chi connectivity index (χ0) is 24.4. The number of fused-ring (bicyclic) bond motifs is 1. The maximum Gasteiger partial charge on any atom is 0.295 e. The molecule has 1 aromatic carbocycles. The minimum atomic E-state index is -0.140. The molecule has 0 aliphatic carbocycles. The minimum Gasteiger partial charge on any atom is -0.497 e. The lowest BCUT2D eigenvalue weighted by atomic mass is 9.96. The zero-order valence-corrected chi connectivity index (χ0v) is 20.4. The fourth-order valence-electron chi connectivity index (χ4n) is 5.18. The largest absolute Gasteiger partial charge is 0.497 e. The molecule has 5 rings (SSSR count). The molecule has 35 heavy (non-hydrogen) atoms. The molecule has 0 bridgehead atoms. The van der Waals surface area contributed by atoms with Crippen molar-refractivity contribution in [3.05, 3.63) is 52.9 Å². The Morgan fingerprint density at radius 2 is 1.91 bits per heavy atom. The highest BCUT2D eigenvalue weighted by Crippen LogP contribution is 2.25. The lowest BCUT2D eigenvalue weighted by Crippen LogP contribution is -2.53. The SMILES string of the molecule is CCn1c(=O)c(N2CCCC(C(=O)N3CCN(c4cccc(OC)c4)CC3)C2)nc2cccnc21. The molecule has 2 aliphatic heterocycles. The quantitative estimate of drug-likeness (QED) is 0.559. The lowest BCUT2D eigenvalue weighted by molar-refractivity contribution is -0.136. The third-order valence-corrected chi connectivity index (χ3v) is 7.08. The van der Waals surface area contributed by atoms with Gasteiger partial charge >= 0.3 is 0 Å². The number of ether oxygens (including phenoxy) is 1. The molecular formula is C26H32N6O3. The maximum absolute atomic E-state index is 13.4. The molecule has 9 nitrogen and oxygen atoms in total. The van der Waals surface area contributed by atoms with Gasteiger partial charge in [-0.05, 0) is 44.0 Å². The Morgan fingerprint density at radius 3 is 2.69 bits per heavy atom. The first-order valence-electron chi connectivity index (χ1n) is 12.4. The number of methoxy groups -OCH3 is 1. The Morgan fingerprint density at radius 1 is 1.09 bits per heavy atom. The summed E-state index contributed by atoms with van der Waals surface area (Å²) < 4.78 is 7.02. The van der Waals surface area contributed by atoms with Crippen LogP contribution in [0.4, 0.5) is 11.5 Å². The third kappa shape index (κ3) is 4.54. The molecule has 1 unspecified atom stereocenters. The van der Waals surface area contributed by atoms with E-state index in [2.05, 4.69) is 20.9 Å². The number of carbonyl (C=O) groups is 1. The predicted molar refractivity (Wildman–Crippen MR) is 136 cm³/mol. The van der Waals surface area contributed by atoms with Crippen molar-refractivity contribution in [1.82, 2.24) is 19.4 Å². The van der Waals surface area contributed by atoms with Crippen LogP contribution in [-0.4, -0.2) is 71.7 Å². The first-order valence-corrected chi connectivity index (χ1v) is 12.4. The molecule has 4 heterocycles. The van der Waals surface area contributed by atoms with Gasteiger partial charge in [-0.25, -0.2) is 9.97 Å². The summed E-state index contributed by atoms with van der Waals surface area (Å²) in [6.07, 6.45) is 3.37. The topological polar surface area (TPSA) is 83.8 Å². The van der Waals surface area contributed by atoms with Crippen LogP contribution in [0.3, 0.4) is 0 Å². The smallest absolute Gasteiger partial charge is 0.295 e. The number of hydrogen-bond acceptors (Lipinski definition) is 7. The van der Waals surface area contributed by atoms with E-state index in [0.29, 0.717) is 43.2 Å². The van der Waals surface area contributed by atoms with E-state index >= 15 is 0 Å². The third-order valence-electron chi connectivity index (χ3n) is 7.08. The Balaban J connectivity index is 1.28. The summed E-state index contributed by atoms with van der Waals surface area (Å²) in [6.45, 7) is 6.66. The van der Waals surface area contributed by atoms with Crippen molar-refractivity contribution >= 4 is 28.6 Å². The number of aromatic nitrogens is 3. The summed E-state index contributed by atoms with van der Waals surface area (Å²) in [5.41, 5.74) is 2.27. The molecule has 2 aromatic heterocycles. The summed E-state index contributed by atoms with van der Waals surface area (Å²) in [5, 5.41) is 0. The molecule has 2 saturated heterocycles. The van der Waals surface area contributed by atoms with Gasteiger partial charge in [0, 0.05) is 63.8 Å². The van der Waals surface area contributed by atoms with Gasteiger partial charge < -0.3 is 19.4 Å². The number of carbonyl (C=O) groups excluding carboxylic acids is 1. The molecule has 2 aliphatic rings. The molecule has 0 N–H and O–H groups in total. The van der Waals surface area contributed by atoms with E-state index in [-0.39, 0.29) is 17.4 Å². The number of pyridine rings is 1. The molecule has 1 atom stereocenters. The number of amides is 1. The average Bonchev–Trinajstić information content (AvgIpc) is 2.92. The Labute approximate surface area is 204 Å². The van der Waals surface area contributed by atoms with Gasteiger partial charge in [-0.1, -0.05) is 6.07 Å². The Bertz CT molecular complexity index is 1270. The first kappa shape index (κ1) is 23.1. The number of piperidine rings is 1. The lowest BCUT2D eigenvalue weighted by Gasteiger charge is -2.40. The van der Waals surface area contributed by atoms with Gasteiger partial charge in [0.05, 0.1) is 13.0 Å². The summed E-state index contributed by atoms with van der Waals surface area (Å²) in [5.74, 6) is 1.31. The van der Waals surface area contributed by atoms with Crippen molar-refractivity contribution in [3.8, 4) is 5.75 Å². The van der Waals surface area contributed by atoms with Crippen LogP contribution in [0.5, 0.6) is 5.75 Å². The van der Waals surface area contributed by atoms with Gasteiger partial charge in [-0.15, -0.1) is 0 Å². The predicted octanol–water partition coefficient (Wildman–Crippen LogP) is 2.39. The van der Waals surface area contributed by atoms with Gasteiger partial charge in [-0.3, -0.25) is 14.2 Å². The highest BCUT2D eigenvalue weighted by atomic mass is 16.5. The van der Waals surface area contributed by atoms with Gasteiger partial charge in [-0.2, -0.15) is 0 Å². The molecular weight excluding hydrogens is 444 g/mol. The number of hydrogen-bond donors (Lipinski definition) is 0. The number of nitrogens with zero attached hydrogens (tertiary/aromatic N) is 6. The van der Waals surface area contributed by atoms with Crippen LogP contribution in [0.15, 0.2) is 47.4 Å².